The fourth-order valence-electron chi connectivity index (χ4n) is 0.951. The molecule has 0 aliphatic rings. The number of alkyl halides is 1. The fourth-order valence-corrected chi connectivity index (χ4v) is 1.09. The Balaban J connectivity index is 2.33. The minimum absolute atomic E-state index is 0.381. The molecule has 0 radical (unpaired) electrons. The van der Waals surface area contributed by atoms with E-state index < -0.39 is 0 Å². The van der Waals surface area contributed by atoms with Crippen LogP contribution in [0.1, 0.15) is 5.69 Å². The first-order valence-electron chi connectivity index (χ1n) is 3.79. The molecule has 0 amide bonds. The highest BCUT2D eigenvalue weighted by atomic mass is 35.5. The Morgan fingerprint density at radius 1 is 1.31 bits per heavy atom. The molecule has 0 saturated carbocycles. The van der Waals surface area contributed by atoms with Crippen molar-refractivity contribution in [2.75, 3.05) is 0 Å². The van der Waals surface area contributed by atoms with E-state index in [0.717, 1.165) is 5.69 Å². The largest absolute Gasteiger partial charge is 0.221 e. The van der Waals surface area contributed by atoms with Crippen molar-refractivity contribution in [2.24, 2.45) is 0 Å². The first-order chi connectivity index (χ1) is 6.40. The summed E-state index contributed by atoms with van der Waals surface area (Å²) in [5, 5.41) is 11.9. The van der Waals surface area contributed by atoms with Gasteiger partial charge in [0, 0.05) is 12.4 Å². The van der Waals surface area contributed by atoms with E-state index >= 15 is 0 Å². The molecule has 0 aliphatic carbocycles. The third-order valence-electron chi connectivity index (χ3n) is 1.58. The molecule has 0 saturated heterocycles. The van der Waals surface area contributed by atoms with E-state index in [2.05, 4.69) is 15.3 Å². The molecule has 0 spiro atoms. The summed E-state index contributed by atoms with van der Waals surface area (Å²) in [7, 11) is 0. The molecule has 0 bridgehead atoms. The minimum Gasteiger partial charge on any atom is -0.221 e. The SMILES string of the molecule is ClCc1ccc(-n2cccn2)nn1. The van der Waals surface area contributed by atoms with Crippen LogP contribution in [0.3, 0.4) is 0 Å². The highest BCUT2D eigenvalue weighted by Crippen LogP contribution is 2.03. The molecule has 4 nitrogen and oxygen atoms in total. The normalized spacial score (nSPS) is 10.2. The van der Waals surface area contributed by atoms with Crippen molar-refractivity contribution in [1.29, 1.82) is 0 Å². The zero-order chi connectivity index (χ0) is 9.10. The van der Waals surface area contributed by atoms with E-state index in [1.54, 1.807) is 10.9 Å². The van der Waals surface area contributed by atoms with Crippen LogP contribution in [0.2, 0.25) is 0 Å². The maximum atomic E-state index is 5.58. The molecule has 13 heavy (non-hydrogen) atoms. The summed E-state index contributed by atoms with van der Waals surface area (Å²) >= 11 is 5.58. The van der Waals surface area contributed by atoms with Gasteiger partial charge in [-0.15, -0.1) is 16.7 Å². The first kappa shape index (κ1) is 8.19. The second kappa shape index (κ2) is 3.53. The van der Waals surface area contributed by atoms with Crippen LogP contribution in [0, 0.1) is 0 Å². The van der Waals surface area contributed by atoms with Crippen LogP contribution in [0.4, 0.5) is 0 Å². The highest BCUT2D eigenvalue weighted by Gasteiger charge is 1.98. The zero-order valence-corrected chi connectivity index (χ0v) is 7.52. The lowest BCUT2D eigenvalue weighted by molar-refractivity contribution is 0.804. The third-order valence-corrected chi connectivity index (χ3v) is 1.86. The zero-order valence-electron chi connectivity index (χ0n) is 6.76. The summed E-state index contributed by atoms with van der Waals surface area (Å²) in [6.07, 6.45) is 3.50. The van der Waals surface area contributed by atoms with Gasteiger partial charge in [0.2, 0.25) is 0 Å². The topological polar surface area (TPSA) is 43.6 Å². The van der Waals surface area contributed by atoms with Crippen LogP contribution >= 0.6 is 11.6 Å². The summed E-state index contributed by atoms with van der Waals surface area (Å²) in [5.74, 6) is 1.07. The molecule has 66 valence electrons. The molecule has 2 aromatic heterocycles. The Morgan fingerprint density at radius 2 is 2.23 bits per heavy atom. The van der Waals surface area contributed by atoms with Gasteiger partial charge in [-0.05, 0) is 18.2 Å². The number of halogens is 1. The molecule has 0 atom stereocenters. The van der Waals surface area contributed by atoms with Crippen molar-refractivity contribution in [1.82, 2.24) is 20.0 Å². The maximum absolute atomic E-state index is 5.58. The Labute approximate surface area is 80.2 Å². The highest BCUT2D eigenvalue weighted by molar-refractivity contribution is 6.16. The number of aromatic nitrogens is 4. The molecular weight excluding hydrogens is 188 g/mol. The quantitative estimate of drug-likeness (QED) is 0.679. The van der Waals surface area contributed by atoms with Crippen molar-refractivity contribution >= 4 is 11.6 Å². The molecule has 2 aromatic rings. The van der Waals surface area contributed by atoms with Crippen LogP contribution < -0.4 is 0 Å². The summed E-state index contributed by atoms with van der Waals surface area (Å²) in [5.41, 5.74) is 0.762. The van der Waals surface area contributed by atoms with Gasteiger partial charge in [0.05, 0.1) is 11.6 Å². The summed E-state index contributed by atoms with van der Waals surface area (Å²) in [6, 6.07) is 5.49. The lowest BCUT2D eigenvalue weighted by Crippen LogP contribution is -2.00. The monoisotopic (exact) mass is 194 g/mol. The molecular formula is C8H7ClN4. The van der Waals surface area contributed by atoms with E-state index in [1.165, 1.54) is 0 Å². The Hall–Kier alpha value is -1.42. The van der Waals surface area contributed by atoms with Gasteiger partial charge in [-0.3, -0.25) is 0 Å². The Morgan fingerprint density at radius 3 is 2.77 bits per heavy atom. The summed E-state index contributed by atoms with van der Waals surface area (Å²) < 4.78 is 1.64. The molecule has 0 fully saturated rings. The number of hydrogen-bond donors (Lipinski definition) is 0. The second-order valence-corrected chi connectivity index (χ2v) is 2.73. The number of rotatable bonds is 2. The number of nitrogens with zero attached hydrogens (tertiary/aromatic N) is 4. The van der Waals surface area contributed by atoms with Gasteiger partial charge in [0.1, 0.15) is 0 Å². The van der Waals surface area contributed by atoms with Crippen molar-refractivity contribution in [2.45, 2.75) is 5.88 Å². The molecule has 2 heterocycles. The lowest BCUT2D eigenvalue weighted by Gasteiger charge is -1.98. The van der Waals surface area contributed by atoms with E-state index in [4.69, 9.17) is 11.6 Å². The third kappa shape index (κ3) is 1.67. The smallest absolute Gasteiger partial charge is 0.175 e. The predicted molar refractivity (Wildman–Crippen MR) is 48.7 cm³/mol. The molecule has 0 N–H and O–H groups in total. The average molecular weight is 195 g/mol. The van der Waals surface area contributed by atoms with Gasteiger partial charge in [-0.2, -0.15) is 10.2 Å². The molecule has 0 aliphatic heterocycles. The Bertz CT molecular complexity index is 368. The Kier molecular flexibility index (Phi) is 2.23. The van der Waals surface area contributed by atoms with Crippen molar-refractivity contribution in [3.63, 3.8) is 0 Å². The van der Waals surface area contributed by atoms with Gasteiger partial charge < -0.3 is 0 Å². The van der Waals surface area contributed by atoms with Crippen LogP contribution in [0.15, 0.2) is 30.6 Å². The van der Waals surface area contributed by atoms with Gasteiger partial charge in [0.25, 0.3) is 0 Å². The second-order valence-electron chi connectivity index (χ2n) is 2.47. The molecule has 0 aromatic carbocycles. The predicted octanol–water partition coefficient (Wildman–Crippen LogP) is 1.40. The first-order valence-corrected chi connectivity index (χ1v) is 4.32. The average Bonchev–Trinajstić information content (AvgIpc) is 2.71. The van der Waals surface area contributed by atoms with Gasteiger partial charge in [-0.1, -0.05) is 0 Å². The molecule has 0 unspecified atom stereocenters. The molecule has 5 heteroatoms. The van der Waals surface area contributed by atoms with E-state index in [9.17, 15) is 0 Å². The number of hydrogen-bond acceptors (Lipinski definition) is 3. The standard InChI is InChI=1S/C8H7ClN4/c9-6-7-2-3-8(12-11-7)13-5-1-4-10-13/h1-5H,6H2. The minimum atomic E-state index is 0.381. The maximum Gasteiger partial charge on any atom is 0.175 e. The van der Waals surface area contributed by atoms with Gasteiger partial charge in [-0.25, -0.2) is 4.68 Å². The van der Waals surface area contributed by atoms with Crippen LogP contribution in [0.5, 0.6) is 0 Å². The summed E-state index contributed by atoms with van der Waals surface area (Å²) in [6.45, 7) is 0. The van der Waals surface area contributed by atoms with Crippen molar-refractivity contribution in [3.8, 4) is 5.82 Å². The summed E-state index contributed by atoms with van der Waals surface area (Å²) in [4.78, 5) is 0. The van der Waals surface area contributed by atoms with Crippen LogP contribution in [-0.2, 0) is 5.88 Å². The lowest BCUT2D eigenvalue weighted by atomic mass is 10.4. The molecule has 2 rings (SSSR count). The van der Waals surface area contributed by atoms with E-state index in [0.29, 0.717) is 11.7 Å². The van der Waals surface area contributed by atoms with Crippen LogP contribution in [0.25, 0.3) is 5.82 Å². The van der Waals surface area contributed by atoms with Crippen LogP contribution in [-0.4, -0.2) is 20.0 Å². The van der Waals surface area contributed by atoms with Crippen molar-refractivity contribution in [3.05, 3.63) is 36.3 Å². The van der Waals surface area contributed by atoms with E-state index in [-0.39, 0.29) is 0 Å². The van der Waals surface area contributed by atoms with Crippen molar-refractivity contribution < 1.29 is 0 Å². The fraction of sp³-hybridized carbons (Fsp3) is 0.125. The van der Waals surface area contributed by atoms with Gasteiger partial charge in [0.15, 0.2) is 5.82 Å². The van der Waals surface area contributed by atoms with Gasteiger partial charge >= 0.3 is 0 Å². The van der Waals surface area contributed by atoms with E-state index in [1.807, 2.05) is 24.4 Å².